The maximum Gasteiger partial charge on any atom is 0.0192 e. The van der Waals surface area contributed by atoms with Gasteiger partial charge in [0, 0.05) is 12.6 Å². The molecule has 9 heavy (non-hydrogen) atoms. The van der Waals surface area contributed by atoms with Crippen LogP contribution in [-0.2, 0) is 0 Å². The van der Waals surface area contributed by atoms with E-state index in [1.165, 1.54) is 12.8 Å². The summed E-state index contributed by atoms with van der Waals surface area (Å²) < 4.78 is 0. The van der Waals surface area contributed by atoms with Crippen LogP contribution < -0.4 is 11.1 Å². The fraction of sp³-hybridized carbons (Fsp3) is 1.00. The zero-order valence-corrected chi connectivity index (χ0v) is 6.06. The Kier molecular flexibility index (Phi) is 2.49. The summed E-state index contributed by atoms with van der Waals surface area (Å²) in [5.74, 6) is 0.875. The Morgan fingerprint density at radius 3 is 2.89 bits per heavy atom. The summed E-state index contributed by atoms with van der Waals surface area (Å²) in [5, 5.41) is 3.37. The van der Waals surface area contributed by atoms with Gasteiger partial charge in [0.2, 0.25) is 0 Å². The van der Waals surface area contributed by atoms with E-state index in [9.17, 15) is 0 Å². The third-order valence-electron chi connectivity index (χ3n) is 2.04. The van der Waals surface area contributed by atoms with Crippen LogP contribution in [0.5, 0.6) is 0 Å². The Hall–Kier alpha value is -0.0800. The third kappa shape index (κ3) is 1.95. The molecule has 1 fully saturated rings. The van der Waals surface area contributed by atoms with E-state index >= 15 is 0 Å². The van der Waals surface area contributed by atoms with Crippen molar-refractivity contribution in [1.29, 1.82) is 0 Å². The predicted molar refractivity (Wildman–Crippen MR) is 39.2 cm³/mol. The molecule has 0 bridgehead atoms. The first-order chi connectivity index (χ1) is 4.33. The standard InChI is InChI=1S/C7H16N2/c1-6-2-3-9-7(4-6)5-8/h6-7,9H,2-5,8H2,1H3/t6-,7+/m0/s1. The zero-order chi connectivity index (χ0) is 6.69. The Morgan fingerprint density at radius 2 is 2.44 bits per heavy atom. The molecule has 2 atom stereocenters. The molecule has 0 aliphatic carbocycles. The molecule has 2 nitrogen and oxygen atoms in total. The first-order valence-electron chi connectivity index (χ1n) is 3.76. The molecule has 0 saturated carbocycles. The molecule has 1 saturated heterocycles. The number of hydrogen-bond donors (Lipinski definition) is 2. The second-order valence-electron chi connectivity index (χ2n) is 3.02. The van der Waals surface area contributed by atoms with E-state index < -0.39 is 0 Å². The number of piperidine rings is 1. The molecule has 54 valence electrons. The number of nitrogens with two attached hydrogens (primary N) is 1. The predicted octanol–water partition coefficient (Wildman–Crippen LogP) is 0.333. The largest absolute Gasteiger partial charge is 0.329 e. The average molecular weight is 128 g/mol. The molecule has 0 aromatic heterocycles. The second-order valence-corrected chi connectivity index (χ2v) is 3.02. The minimum Gasteiger partial charge on any atom is -0.329 e. The summed E-state index contributed by atoms with van der Waals surface area (Å²) in [6, 6.07) is 0.591. The van der Waals surface area contributed by atoms with Gasteiger partial charge in [0.1, 0.15) is 0 Å². The lowest BCUT2D eigenvalue weighted by atomic mass is 9.94. The quantitative estimate of drug-likeness (QED) is 0.534. The van der Waals surface area contributed by atoms with Crippen molar-refractivity contribution in [2.75, 3.05) is 13.1 Å². The van der Waals surface area contributed by atoms with Crippen molar-refractivity contribution < 1.29 is 0 Å². The molecule has 1 aliphatic heterocycles. The van der Waals surface area contributed by atoms with Crippen molar-refractivity contribution in [1.82, 2.24) is 5.32 Å². The van der Waals surface area contributed by atoms with Gasteiger partial charge in [0.25, 0.3) is 0 Å². The Labute approximate surface area is 56.8 Å². The van der Waals surface area contributed by atoms with E-state index in [4.69, 9.17) is 5.73 Å². The molecule has 1 rings (SSSR count). The first-order valence-corrected chi connectivity index (χ1v) is 3.76. The summed E-state index contributed by atoms with van der Waals surface area (Å²) in [6.45, 7) is 4.25. The van der Waals surface area contributed by atoms with E-state index in [0.717, 1.165) is 19.0 Å². The van der Waals surface area contributed by atoms with Crippen LogP contribution in [-0.4, -0.2) is 19.1 Å². The van der Waals surface area contributed by atoms with Crippen molar-refractivity contribution in [2.24, 2.45) is 11.7 Å². The van der Waals surface area contributed by atoms with Crippen LogP contribution in [0.15, 0.2) is 0 Å². The van der Waals surface area contributed by atoms with Gasteiger partial charge in [0.05, 0.1) is 0 Å². The summed E-state index contributed by atoms with van der Waals surface area (Å²) in [4.78, 5) is 0. The Bertz CT molecular complexity index is 83.0. The highest BCUT2D eigenvalue weighted by molar-refractivity contribution is 4.76. The lowest BCUT2D eigenvalue weighted by Gasteiger charge is -2.26. The van der Waals surface area contributed by atoms with Crippen LogP contribution in [0, 0.1) is 5.92 Å². The molecule has 1 aliphatic rings. The molecular weight excluding hydrogens is 112 g/mol. The van der Waals surface area contributed by atoms with E-state index in [0.29, 0.717) is 6.04 Å². The summed E-state index contributed by atoms with van der Waals surface area (Å²) in [7, 11) is 0. The molecule has 0 amide bonds. The van der Waals surface area contributed by atoms with Crippen molar-refractivity contribution in [3.05, 3.63) is 0 Å². The maximum atomic E-state index is 5.50. The average Bonchev–Trinajstić information content (AvgIpc) is 1.88. The van der Waals surface area contributed by atoms with Gasteiger partial charge < -0.3 is 11.1 Å². The van der Waals surface area contributed by atoms with E-state index in [2.05, 4.69) is 12.2 Å². The van der Waals surface area contributed by atoms with Crippen LogP contribution in [0.25, 0.3) is 0 Å². The minimum absolute atomic E-state index is 0.591. The fourth-order valence-electron chi connectivity index (χ4n) is 1.40. The molecule has 0 aromatic carbocycles. The Morgan fingerprint density at radius 1 is 1.67 bits per heavy atom. The smallest absolute Gasteiger partial charge is 0.0192 e. The van der Waals surface area contributed by atoms with Crippen LogP contribution in [0.3, 0.4) is 0 Å². The van der Waals surface area contributed by atoms with Crippen LogP contribution in [0.2, 0.25) is 0 Å². The van der Waals surface area contributed by atoms with Crippen LogP contribution >= 0.6 is 0 Å². The Balaban J connectivity index is 2.23. The molecule has 0 radical (unpaired) electrons. The molecule has 3 N–H and O–H groups in total. The third-order valence-corrected chi connectivity index (χ3v) is 2.04. The monoisotopic (exact) mass is 128 g/mol. The van der Waals surface area contributed by atoms with Gasteiger partial charge in [-0.25, -0.2) is 0 Å². The minimum atomic E-state index is 0.591. The highest BCUT2D eigenvalue weighted by atomic mass is 14.9. The maximum absolute atomic E-state index is 5.50. The molecule has 2 heteroatoms. The van der Waals surface area contributed by atoms with E-state index in [1.807, 2.05) is 0 Å². The lowest BCUT2D eigenvalue weighted by molar-refractivity contribution is 0.325. The van der Waals surface area contributed by atoms with Crippen LogP contribution in [0.1, 0.15) is 19.8 Å². The molecule has 0 spiro atoms. The fourth-order valence-corrected chi connectivity index (χ4v) is 1.40. The zero-order valence-electron chi connectivity index (χ0n) is 6.06. The molecule has 0 aromatic rings. The van der Waals surface area contributed by atoms with Gasteiger partial charge in [-0.3, -0.25) is 0 Å². The van der Waals surface area contributed by atoms with Crippen molar-refractivity contribution >= 4 is 0 Å². The van der Waals surface area contributed by atoms with Gasteiger partial charge in [-0.15, -0.1) is 0 Å². The van der Waals surface area contributed by atoms with Crippen molar-refractivity contribution in [3.63, 3.8) is 0 Å². The normalized spacial score (nSPS) is 36.7. The van der Waals surface area contributed by atoms with Crippen molar-refractivity contribution in [3.8, 4) is 0 Å². The van der Waals surface area contributed by atoms with E-state index in [-0.39, 0.29) is 0 Å². The second kappa shape index (κ2) is 3.18. The SMILES string of the molecule is C[C@H]1CCN[C@@H](CN)C1. The first kappa shape index (κ1) is 7.03. The molecular formula is C7H16N2. The van der Waals surface area contributed by atoms with Gasteiger partial charge in [-0.05, 0) is 25.3 Å². The van der Waals surface area contributed by atoms with Gasteiger partial charge in [-0.1, -0.05) is 6.92 Å². The number of hydrogen-bond acceptors (Lipinski definition) is 2. The highest BCUT2D eigenvalue weighted by Crippen LogP contribution is 2.13. The van der Waals surface area contributed by atoms with Gasteiger partial charge >= 0.3 is 0 Å². The van der Waals surface area contributed by atoms with Crippen LogP contribution in [0.4, 0.5) is 0 Å². The van der Waals surface area contributed by atoms with E-state index in [1.54, 1.807) is 0 Å². The number of nitrogens with one attached hydrogen (secondary N) is 1. The van der Waals surface area contributed by atoms with Crippen molar-refractivity contribution in [2.45, 2.75) is 25.8 Å². The van der Waals surface area contributed by atoms with Gasteiger partial charge in [0.15, 0.2) is 0 Å². The summed E-state index contributed by atoms with van der Waals surface area (Å²) >= 11 is 0. The number of rotatable bonds is 1. The molecule has 0 unspecified atom stereocenters. The van der Waals surface area contributed by atoms with Gasteiger partial charge in [-0.2, -0.15) is 0 Å². The highest BCUT2D eigenvalue weighted by Gasteiger charge is 2.15. The molecule has 1 heterocycles. The topological polar surface area (TPSA) is 38.0 Å². The summed E-state index contributed by atoms with van der Waals surface area (Å²) in [5.41, 5.74) is 5.50. The summed E-state index contributed by atoms with van der Waals surface area (Å²) in [6.07, 6.45) is 2.58. The lowest BCUT2D eigenvalue weighted by Crippen LogP contribution is -2.42.